The quantitative estimate of drug-likeness (QED) is 0.687. The van der Waals surface area contributed by atoms with E-state index in [1.807, 2.05) is 32.9 Å². The molecule has 0 saturated heterocycles. The SMILES string of the molecule is CCCN(CCN(C)C)C(C)C(=O)c1cc(C)ccc1C. The number of likely N-dealkylation sites (N-methyl/N-ethyl adjacent to an activating group) is 1. The van der Waals surface area contributed by atoms with E-state index in [0.29, 0.717) is 0 Å². The predicted molar refractivity (Wildman–Crippen MR) is 90.1 cm³/mol. The van der Waals surface area contributed by atoms with Crippen molar-refractivity contribution >= 4 is 5.78 Å². The van der Waals surface area contributed by atoms with Gasteiger partial charge in [-0.15, -0.1) is 0 Å². The Morgan fingerprint density at radius 2 is 1.81 bits per heavy atom. The van der Waals surface area contributed by atoms with Crippen LogP contribution in [0.3, 0.4) is 0 Å². The zero-order valence-electron chi connectivity index (χ0n) is 14.4. The third-order valence-corrected chi connectivity index (χ3v) is 3.93. The van der Waals surface area contributed by atoms with Gasteiger partial charge in [0.1, 0.15) is 0 Å². The first kappa shape index (κ1) is 17.9. The molecule has 1 unspecified atom stereocenters. The van der Waals surface area contributed by atoms with Gasteiger partial charge in [0.15, 0.2) is 5.78 Å². The maximum Gasteiger partial charge on any atom is 0.179 e. The van der Waals surface area contributed by atoms with Gasteiger partial charge in [0.25, 0.3) is 0 Å². The van der Waals surface area contributed by atoms with Crippen LogP contribution in [-0.2, 0) is 0 Å². The molecule has 0 aromatic heterocycles. The van der Waals surface area contributed by atoms with Crippen molar-refractivity contribution < 1.29 is 4.79 Å². The van der Waals surface area contributed by atoms with E-state index < -0.39 is 0 Å². The summed E-state index contributed by atoms with van der Waals surface area (Å²) in [7, 11) is 4.14. The molecule has 0 aliphatic rings. The monoisotopic (exact) mass is 290 g/mol. The summed E-state index contributed by atoms with van der Waals surface area (Å²) in [5.74, 6) is 0.239. The van der Waals surface area contributed by atoms with E-state index in [1.54, 1.807) is 0 Å². The van der Waals surface area contributed by atoms with Crippen LogP contribution in [-0.4, -0.2) is 55.4 Å². The van der Waals surface area contributed by atoms with Gasteiger partial charge in [-0.1, -0.05) is 24.6 Å². The van der Waals surface area contributed by atoms with Gasteiger partial charge in [0, 0.05) is 18.7 Å². The largest absolute Gasteiger partial charge is 0.308 e. The van der Waals surface area contributed by atoms with Crippen LogP contribution < -0.4 is 0 Å². The van der Waals surface area contributed by atoms with Crippen LogP contribution in [0.15, 0.2) is 18.2 Å². The highest BCUT2D eigenvalue weighted by Crippen LogP contribution is 2.16. The van der Waals surface area contributed by atoms with Gasteiger partial charge in [-0.25, -0.2) is 0 Å². The number of carbonyl (C=O) groups excluding carboxylic acids is 1. The maximum absolute atomic E-state index is 12.8. The molecule has 0 bridgehead atoms. The molecule has 118 valence electrons. The van der Waals surface area contributed by atoms with Gasteiger partial charge in [0.2, 0.25) is 0 Å². The highest BCUT2D eigenvalue weighted by Gasteiger charge is 2.23. The molecule has 0 N–H and O–H groups in total. The summed E-state index contributed by atoms with van der Waals surface area (Å²) in [4.78, 5) is 17.3. The lowest BCUT2D eigenvalue weighted by molar-refractivity contribution is 0.0827. The average molecular weight is 290 g/mol. The number of Topliss-reactive ketones (excluding diaryl/α,β-unsaturated/α-hetero) is 1. The first-order valence-electron chi connectivity index (χ1n) is 7.87. The summed E-state index contributed by atoms with van der Waals surface area (Å²) in [6.07, 6.45) is 1.07. The molecule has 1 aromatic rings. The van der Waals surface area contributed by atoms with Gasteiger partial charge in [-0.3, -0.25) is 9.69 Å². The molecule has 3 nitrogen and oxygen atoms in total. The van der Waals surface area contributed by atoms with E-state index in [-0.39, 0.29) is 11.8 Å². The Bertz CT molecular complexity index is 468. The Morgan fingerprint density at radius 1 is 1.14 bits per heavy atom. The van der Waals surface area contributed by atoms with E-state index in [4.69, 9.17) is 0 Å². The van der Waals surface area contributed by atoms with Gasteiger partial charge in [0.05, 0.1) is 6.04 Å². The third kappa shape index (κ3) is 5.25. The van der Waals surface area contributed by atoms with Crippen LogP contribution in [0.25, 0.3) is 0 Å². The molecule has 0 spiro atoms. The lowest BCUT2D eigenvalue weighted by Gasteiger charge is -2.29. The van der Waals surface area contributed by atoms with Gasteiger partial charge >= 0.3 is 0 Å². The van der Waals surface area contributed by atoms with Crippen molar-refractivity contribution in [1.82, 2.24) is 9.80 Å². The fraction of sp³-hybridized carbons (Fsp3) is 0.611. The highest BCUT2D eigenvalue weighted by atomic mass is 16.1. The van der Waals surface area contributed by atoms with Gasteiger partial charge in [-0.05, 0) is 59.5 Å². The summed E-state index contributed by atoms with van der Waals surface area (Å²) in [5.41, 5.74) is 3.08. The predicted octanol–water partition coefficient (Wildman–Crippen LogP) is 3.15. The van der Waals surface area contributed by atoms with Crippen molar-refractivity contribution in [3.63, 3.8) is 0 Å². The normalized spacial score (nSPS) is 13.0. The molecule has 0 saturated carbocycles. The maximum atomic E-state index is 12.8. The number of rotatable bonds is 8. The van der Waals surface area contributed by atoms with Crippen LogP contribution in [0.2, 0.25) is 0 Å². The molecule has 1 atom stereocenters. The van der Waals surface area contributed by atoms with Crippen molar-refractivity contribution in [2.75, 3.05) is 33.7 Å². The van der Waals surface area contributed by atoms with E-state index >= 15 is 0 Å². The number of nitrogens with zero attached hydrogens (tertiary/aromatic N) is 2. The lowest BCUT2D eigenvalue weighted by Crippen LogP contribution is -2.43. The molecule has 21 heavy (non-hydrogen) atoms. The Hall–Kier alpha value is -1.19. The van der Waals surface area contributed by atoms with Crippen LogP contribution in [0.5, 0.6) is 0 Å². The first-order chi connectivity index (χ1) is 9.86. The molecule has 0 aliphatic heterocycles. The molecule has 0 amide bonds. The van der Waals surface area contributed by atoms with E-state index in [2.05, 4.69) is 36.9 Å². The molecular formula is C18H30N2O. The number of aryl methyl sites for hydroxylation is 2. The molecule has 0 radical (unpaired) electrons. The molecule has 1 aromatic carbocycles. The molecule has 3 heteroatoms. The summed E-state index contributed by atoms with van der Waals surface area (Å²) in [6.45, 7) is 11.1. The summed E-state index contributed by atoms with van der Waals surface area (Å²) in [6, 6.07) is 6.06. The van der Waals surface area contributed by atoms with E-state index in [9.17, 15) is 4.79 Å². The topological polar surface area (TPSA) is 23.6 Å². The van der Waals surface area contributed by atoms with Crippen molar-refractivity contribution in [1.29, 1.82) is 0 Å². The number of benzene rings is 1. The standard InChI is InChI=1S/C18H30N2O/c1-7-10-20(12-11-19(5)6)16(4)18(21)17-13-14(2)8-9-15(17)3/h8-9,13,16H,7,10-12H2,1-6H3. The molecule has 0 aliphatic carbocycles. The lowest BCUT2D eigenvalue weighted by atomic mass is 9.97. The Labute approximate surface area is 129 Å². The Morgan fingerprint density at radius 3 is 2.38 bits per heavy atom. The second kappa shape index (κ2) is 8.30. The van der Waals surface area contributed by atoms with E-state index in [1.165, 1.54) is 0 Å². The fourth-order valence-corrected chi connectivity index (χ4v) is 2.51. The minimum atomic E-state index is -0.0644. The third-order valence-electron chi connectivity index (χ3n) is 3.93. The zero-order valence-corrected chi connectivity index (χ0v) is 14.4. The molecule has 0 heterocycles. The average Bonchev–Trinajstić information content (AvgIpc) is 2.44. The van der Waals surface area contributed by atoms with Crippen molar-refractivity contribution in [3.05, 3.63) is 34.9 Å². The number of hydrogen-bond donors (Lipinski definition) is 0. The fourth-order valence-electron chi connectivity index (χ4n) is 2.51. The molecule has 1 rings (SSSR count). The summed E-state index contributed by atoms with van der Waals surface area (Å²) < 4.78 is 0. The second-order valence-electron chi connectivity index (χ2n) is 6.20. The van der Waals surface area contributed by atoms with Crippen molar-refractivity contribution in [2.45, 2.75) is 40.2 Å². The Balaban J connectivity index is 2.88. The van der Waals surface area contributed by atoms with Crippen LogP contribution in [0, 0.1) is 13.8 Å². The smallest absolute Gasteiger partial charge is 0.179 e. The number of ketones is 1. The van der Waals surface area contributed by atoms with E-state index in [0.717, 1.165) is 42.7 Å². The zero-order chi connectivity index (χ0) is 16.0. The van der Waals surface area contributed by atoms with Crippen LogP contribution in [0.1, 0.15) is 41.8 Å². The van der Waals surface area contributed by atoms with Crippen molar-refractivity contribution in [2.24, 2.45) is 0 Å². The molecular weight excluding hydrogens is 260 g/mol. The summed E-state index contributed by atoms with van der Waals surface area (Å²) >= 11 is 0. The Kier molecular flexibility index (Phi) is 7.06. The number of hydrogen-bond acceptors (Lipinski definition) is 3. The van der Waals surface area contributed by atoms with Crippen LogP contribution >= 0.6 is 0 Å². The summed E-state index contributed by atoms with van der Waals surface area (Å²) in [5, 5.41) is 0. The second-order valence-corrected chi connectivity index (χ2v) is 6.20. The minimum Gasteiger partial charge on any atom is -0.308 e. The van der Waals surface area contributed by atoms with Gasteiger partial charge < -0.3 is 4.90 Å². The van der Waals surface area contributed by atoms with Crippen LogP contribution in [0.4, 0.5) is 0 Å². The first-order valence-corrected chi connectivity index (χ1v) is 7.87. The van der Waals surface area contributed by atoms with Gasteiger partial charge in [-0.2, -0.15) is 0 Å². The minimum absolute atomic E-state index is 0.0644. The highest BCUT2D eigenvalue weighted by molar-refractivity contribution is 6.01. The van der Waals surface area contributed by atoms with Crippen molar-refractivity contribution in [3.8, 4) is 0 Å². The number of carbonyl (C=O) groups is 1. The molecule has 0 fully saturated rings.